The molecule has 29 heavy (non-hydrogen) atoms. The van der Waals surface area contributed by atoms with Crippen LogP contribution in [-0.2, 0) is 16.4 Å². The molecule has 0 aliphatic carbocycles. The third-order valence-corrected chi connectivity index (χ3v) is 7.38. The van der Waals surface area contributed by atoms with E-state index >= 15 is 0 Å². The van der Waals surface area contributed by atoms with Crippen LogP contribution in [0, 0.1) is 0 Å². The lowest BCUT2D eigenvalue weighted by molar-refractivity contribution is 0.0681. The van der Waals surface area contributed by atoms with Crippen molar-refractivity contribution in [1.82, 2.24) is 4.31 Å². The summed E-state index contributed by atoms with van der Waals surface area (Å²) in [6.07, 6.45) is -0.730. The quantitative estimate of drug-likeness (QED) is 0.772. The third-order valence-electron chi connectivity index (χ3n) is 5.21. The van der Waals surface area contributed by atoms with Crippen molar-refractivity contribution in [2.45, 2.75) is 43.4 Å². The zero-order valence-corrected chi connectivity index (χ0v) is 18.1. The lowest BCUT2D eigenvalue weighted by atomic mass is 9.94. The van der Waals surface area contributed by atoms with Gasteiger partial charge in [-0.05, 0) is 38.0 Å². The Labute approximate surface area is 171 Å². The van der Waals surface area contributed by atoms with Crippen LogP contribution >= 0.6 is 0 Å². The molecule has 3 rings (SSSR count). The summed E-state index contributed by atoms with van der Waals surface area (Å²) in [7, 11) is 0.811. The van der Waals surface area contributed by atoms with Gasteiger partial charge in [0, 0.05) is 11.6 Å². The van der Waals surface area contributed by atoms with Gasteiger partial charge in [-0.1, -0.05) is 24.3 Å². The van der Waals surface area contributed by atoms with Crippen molar-refractivity contribution in [3.05, 3.63) is 47.5 Å². The van der Waals surface area contributed by atoms with Gasteiger partial charge in [0.1, 0.15) is 0 Å². The van der Waals surface area contributed by atoms with Crippen LogP contribution in [0.4, 0.5) is 0 Å². The van der Waals surface area contributed by atoms with Gasteiger partial charge in [-0.15, -0.1) is 0 Å². The Morgan fingerprint density at radius 1 is 1.00 bits per heavy atom. The van der Waals surface area contributed by atoms with Gasteiger partial charge in [-0.2, -0.15) is 4.31 Å². The van der Waals surface area contributed by atoms with Crippen LogP contribution in [-0.4, -0.2) is 51.2 Å². The molecule has 2 atom stereocenters. The molecule has 2 aromatic carbocycles. The average Bonchev–Trinajstić information content (AvgIpc) is 2.70. The molecule has 0 spiro atoms. The molecular formula is C21H27NO6S. The van der Waals surface area contributed by atoms with E-state index in [0.29, 0.717) is 22.8 Å². The standard InChI is InChI=1S/C21H27NO6S/c1-13(2)22-16(19(23)15-8-6-7-9-18(15)29(22,24)25)12-14-10-11-17(26-3)21(28-5)20(14)27-4/h6-11,13,16,19,23H,12H2,1-5H3. The molecule has 1 aliphatic rings. The van der Waals surface area contributed by atoms with Gasteiger partial charge < -0.3 is 19.3 Å². The van der Waals surface area contributed by atoms with E-state index in [2.05, 4.69) is 0 Å². The molecule has 158 valence electrons. The smallest absolute Gasteiger partial charge is 0.244 e. The zero-order chi connectivity index (χ0) is 21.3. The number of methoxy groups -OCH3 is 3. The van der Waals surface area contributed by atoms with Crippen molar-refractivity contribution in [2.24, 2.45) is 0 Å². The lowest BCUT2D eigenvalue weighted by Crippen LogP contribution is -2.52. The first-order chi connectivity index (χ1) is 13.8. The molecule has 0 bridgehead atoms. The highest BCUT2D eigenvalue weighted by molar-refractivity contribution is 7.89. The first-order valence-electron chi connectivity index (χ1n) is 9.36. The zero-order valence-electron chi connectivity index (χ0n) is 17.2. The van der Waals surface area contributed by atoms with Crippen molar-refractivity contribution in [1.29, 1.82) is 0 Å². The highest BCUT2D eigenvalue weighted by Crippen LogP contribution is 2.44. The summed E-state index contributed by atoms with van der Waals surface area (Å²) in [5, 5.41) is 11.1. The van der Waals surface area contributed by atoms with Crippen molar-refractivity contribution in [2.75, 3.05) is 21.3 Å². The summed E-state index contributed by atoms with van der Waals surface area (Å²) in [4.78, 5) is 0.150. The second-order valence-electron chi connectivity index (χ2n) is 7.18. The molecule has 1 aliphatic heterocycles. The van der Waals surface area contributed by atoms with E-state index in [1.165, 1.54) is 31.7 Å². The molecule has 0 aromatic heterocycles. The minimum absolute atomic E-state index is 0.150. The van der Waals surface area contributed by atoms with E-state index in [4.69, 9.17) is 14.2 Å². The number of nitrogens with zero attached hydrogens (tertiary/aromatic N) is 1. The van der Waals surface area contributed by atoms with Gasteiger partial charge in [0.15, 0.2) is 11.5 Å². The fourth-order valence-electron chi connectivity index (χ4n) is 4.01. The highest BCUT2D eigenvalue weighted by atomic mass is 32.2. The molecular weight excluding hydrogens is 394 g/mol. The van der Waals surface area contributed by atoms with Gasteiger partial charge in [-0.3, -0.25) is 0 Å². The summed E-state index contributed by atoms with van der Waals surface area (Å²) < 4.78 is 44.3. The van der Waals surface area contributed by atoms with Crippen LogP contribution in [0.5, 0.6) is 17.2 Å². The summed E-state index contributed by atoms with van der Waals surface area (Å²) in [5.41, 5.74) is 1.13. The number of sulfonamides is 1. The Bertz CT molecular complexity index is 989. The summed E-state index contributed by atoms with van der Waals surface area (Å²) in [6.45, 7) is 3.61. The molecule has 0 saturated heterocycles. The molecule has 0 fully saturated rings. The van der Waals surface area contributed by atoms with Crippen molar-refractivity contribution in [3.8, 4) is 17.2 Å². The Kier molecular flexibility index (Phi) is 6.07. The minimum atomic E-state index is -3.76. The SMILES string of the molecule is COc1ccc(CC2C(O)c3ccccc3S(=O)(=O)N2C(C)C)c(OC)c1OC. The summed E-state index contributed by atoms with van der Waals surface area (Å²) in [5.74, 6) is 1.40. The number of hydrogen-bond acceptors (Lipinski definition) is 6. The molecule has 1 heterocycles. The van der Waals surface area contributed by atoms with Crippen LogP contribution in [0.15, 0.2) is 41.3 Å². The lowest BCUT2D eigenvalue weighted by Gasteiger charge is -2.41. The maximum atomic E-state index is 13.3. The van der Waals surface area contributed by atoms with Gasteiger partial charge in [-0.25, -0.2) is 8.42 Å². The number of aliphatic hydroxyl groups is 1. The molecule has 8 heteroatoms. The van der Waals surface area contributed by atoms with Gasteiger partial charge in [0.2, 0.25) is 15.8 Å². The van der Waals surface area contributed by atoms with Crippen molar-refractivity contribution in [3.63, 3.8) is 0 Å². The van der Waals surface area contributed by atoms with E-state index in [9.17, 15) is 13.5 Å². The maximum absolute atomic E-state index is 13.3. The Balaban J connectivity index is 2.13. The van der Waals surface area contributed by atoms with Gasteiger partial charge in [0.05, 0.1) is 38.4 Å². The normalized spacial score (nSPS) is 20.9. The number of ether oxygens (including phenoxy) is 3. The van der Waals surface area contributed by atoms with Crippen LogP contribution in [0.1, 0.15) is 31.1 Å². The average molecular weight is 422 g/mol. The Hall–Kier alpha value is -2.29. The molecule has 2 aromatic rings. The van der Waals surface area contributed by atoms with Crippen LogP contribution < -0.4 is 14.2 Å². The number of hydrogen-bond donors (Lipinski definition) is 1. The molecule has 1 N–H and O–H groups in total. The molecule has 7 nitrogen and oxygen atoms in total. The van der Waals surface area contributed by atoms with Gasteiger partial charge in [0.25, 0.3) is 0 Å². The first-order valence-corrected chi connectivity index (χ1v) is 10.8. The Morgan fingerprint density at radius 2 is 1.66 bits per heavy atom. The van der Waals surface area contributed by atoms with Crippen molar-refractivity contribution >= 4 is 10.0 Å². The number of aliphatic hydroxyl groups excluding tert-OH is 1. The van der Waals surface area contributed by atoms with E-state index in [0.717, 1.165) is 5.56 Å². The maximum Gasteiger partial charge on any atom is 0.244 e. The number of benzene rings is 2. The molecule has 0 saturated carbocycles. The topological polar surface area (TPSA) is 85.3 Å². The van der Waals surface area contributed by atoms with E-state index in [1.54, 1.807) is 44.2 Å². The van der Waals surface area contributed by atoms with E-state index < -0.39 is 22.2 Å². The highest BCUT2D eigenvalue weighted by Gasteiger charge is 2.45. The number of fused-ring (bicyclic) bond motifs is 1. The minimum Gasteiger partial charge on any atom is -0.493 e. The van der Waals surface area contributed by atoms with Crippen LogP contribution in [0.2, 0.25) is 0 Å². The van der Waals surface area contributed by atoms with E-state index in [1.807, 2.05) is 0 Å². The monoisotopic (exact) mass is 421 g/mol. The molecule has 0 amide bonds. The fraction of sp³-hybridized carbons (Fsp3) is 0.429. The summed E-state index contributed by atoms with van der Waals surface area (Å²) >= 11 is 0. The second kappa shape index (κ2) is 8.22. The largest absolute Gasteiger partial charge is 0.493 e. The van der Waals surface area contributed by atoms with Crippen LogP contribution in [0.25, 0.3) is 0 Å². The third kappa shape index (κ3) is 3.56. The fourth-order valence-corrected chi connectivity index (χ4v) is 6.08. The van der Waals surface area contributed by atoms with E-state index in [-0.39, 0.29) is 17.4 Å². The Morgan fingerprint density at radius 3 is 2.24 bits per heavy atom. The molecule has 0 radical (unpaired) electrons. The molecule has 2 unspecified atom stereocenters. The summed E-state index contributed by atoms with van der Waals surface area (Å²) in [6, 6.07) is 9.12. The first kappa shape index (κ1) is 21.4. The van der Waals surface area contributed by atoms with Crippen LogP contribution in [0.3, 0.4) is 0 Å². The predicted molar refractivity (Wildman–Crippen MR) is 109 cm³/mol. The predicted octanol–water partition coefficient (Wildman–Crippen LogP) is 2.77. The van der Waals surface area contributed by atoms with Crippen molar-refractivity contribution < 1.29 is 27.7 Å². The van der Waals surface area contributed by atoms with Gasteiger partial charge >= 0.3 is 0 Å². The number of rotatable bonds is 6. The second-order valence-corrected chi connectivity index (χ2v) is 8.99.